The quantitative estimate of drug-likeness (QED) is 0.795. The summed E-state index contributed by atoms with van der Waals surface area (Å²) in [5.74, 6) is -0.854. The Labute approximate surface area is 93.9 Å². The zero-order chi connectivity index (χ0) is 11.0. The lowest BCUT2D eigenvalue weighted by Gasteiger charge is -2.20. The molecule has 0 radical (unpaired) electrons. The number of hydrogen-bond acceptors (Lipinski definition) is 1. The molecule has 0 heterocycles. The Kier molecular flexibility index (Phi) is 2.70. The van der Waals surface area contributed by atoms with Gasteiger partial charge in [-0.05, 0) is 55.4 Å². The summed E-state index contributed by atoms with van der Waals surface area (Å²) < 4.78 is 0. The molecule has 0 amide bonds. The summed E-state index contributed by atoms with van der Waals surface area (Å²) in [5, 5.41) is 9.76. The average Bonchev–Trinajstić information content (AvgIpc) is 2.19. The van der Waals surface area contributed by atoms with Crippen LogP contribution in [0.2, 0.25) is 5.02 Å². The maximum absolute atomic E-state index is 11.2. The monoisotopic (exact) mass is 224 g/mol. The first-order chi connectivity index (χ1) is 7.11. The fourth-order valence-corrected chi connectivity index (χ4v) is 2.50. The normalized spacial score (nSPS) is 14.8. The van der Waals surface area contributed by atoms with E-state index in [0.29, 0.717) is 16.1 Å². The Bertz CT molecular complexity index is 424. The molecule has 1 N–H and O–H groups in total. The van der Waals surface area contributed by atoms with E-state index < -0.39 is 5.97 Å². The second kappa shape index (κ2) is 3.86. The summed E-state index contributed by atoms with van der Waals surface area (Å²) in [6, 6.07) is 1.93. The first kappa shape index (κ1) is 10.5. The molecule has 0 atom stereocenters. The molecule has 0 aliphatic heterocycles. The highest BCUT2D eigenvalue weighted by Gasteiger charge is 2.21. The van der Waals surface area contributed by atoms with Gasteiger partial charge in [0.2, 0.25) is 0 Å². The molecule has 15 heavy (non-hydrogen) atoms. The van der Waals surface area contributed by atoms with E-state index in [-0.39, 0.29) is 0 Å². The fraction of sp³-hybridized carbons (Fsp3) is 0.417. The third-order valence-electron chi connectivity index (χ3n) is 3.06. The zero-order valence-corrected chi connectivity index (χ0v) is 9.40. The summed E-state index contributed by atoms with van der Waals surface area (Å²) in [7, 11) is 0. The van der Waals surface area contributed by atoms with Gasteiger partial charge < -0.3 is 5.11 Å². The number of aromatic carboxylic acids is 1. The highest BCUT2D eigenvalue weighted by molar-refractivity contribution is 6.32. The van der Waals surface area contributed by atoms with Crippen LogP contribution in [0, 0.1) is 6.92 Å². The van der Waals surface area contributed by atoms with Crippen LogP contribution in [0.25, 0.3) is 0 Å². The van der Waals surface area contributed by atoms with Gasteiger partial charge in [0.1, 0.15) is 0 Å². The van der Waals surface area contributed by atoms with Crippen LogP contribution in [0.15, 0.2) is 6.07 Å². The van der Waals surface area contributed by atoms with E-state index in [9.17, 15) is 9.90 Å². The molecule has 0 aromatic heterocycles. The van der Waals surface area contributed by atoms with Crippen molar-refractivity contribution in [2.75, 3.05) is 0 Å². The lowest BCUT2D eigenvalue weighted by atomic mass is 9.86. The summed E-state index contributed by atoms with van der Waals surface area (Å²) in [5.41, 5.74) is 3.24. The van der Waals surface area contributed by atoms with Crippen molar-refractivity contribution in [2.24, 2.45) is 0 Å². The van der Waals surface area contributed by atoms with Crippen LogP contribution < -0.4 is 0 Å². The Hall–Kier alpha value is -1.02. The summed E-state index contributed by atoms with van der Waals surface area (Å²) in [6.07, 6.45) is 4.03. The van der Waals surface area contributed by atoms with Crippen molar-refractivity contribution in [2.45, 2.75) is 32.6 Å². The highest BCUT2D eigenvalue weighted by Crippen LogP contribution is 2.31. The van der Waals surface area contributed by atoms with Crippen molar-refractivity contribution in [3.05, 3.63) is 33.3 Å². The number of carbonyl (C=O) groups is 1. The van der Waals surface area contributed by atoms with Crippen molar-refractivity contribution in [3.8, 4) is 0 Å². The summed E-state index contributed by atoms with van der Waals surface area (Å²) in [6.45, 7) is 1.78. The van der Waals surface area contributed by atoms with Crippen LogP contribution in [0.4, 0.5) is 0 Å². The van der Waals surface area contributed by atoms with Gasteiger partial charge in [0.15, 0.2) is 0 Å². The molecule has 80 valence electrons. The largest absolute Gasteiger partial charge is 0.478 e. The minimum Gasteiger partial charge on any atom is -0.478 e. The molecular weight excluding hydrogens is 212 g/mol. The van der Waals surface area contributed by atoms with E-state index in [0.717, 1.165) is 36.8 Å². The second-order valence-electron chi connectivity index (χ2n) is 4.01. The van der Waals surface area contributed by atoms with Gasteiger partial charge in [-0.25, -0.2) is 4.79 Å². The van der Waals surface area contributed by atoms with Crippen LogP contribution in [0.3, 0.4) is 0 Å². The second-order valence-corrected chi connectivity index (χ2v) is 4.42. The van der Waals surface area contributed by atoms with Gasteiger partial charge in [0.05, 0.1) is 5.56 Å². The molecule has 1 aliphatic rings. The van der Waals surface area contributed by atoms with Crippen molar-refractivity contribution >= 4 is 17.6 Å². The molecule has 3 heteroatoms. The van der Waals surface area contributed by atoms with Gasteiger partial charge in [-0.1, -0.05) is 11.6 Å². The molecule has 2 nitrogen and oxygen atoms in total. The number of carboxylic acid groups (broad SMARTS) is 1. The fourth-order valence-electron chi connectivity index (χ4n) is 2.27. The van der Waals surface area contributed by atoms with Crippen LogP contribution >= 0.6 is 11.6 Å². The number of fused-ring (bicyclic) bond motifs is 1. The molecule has 0 bridgehead atoms. The molecule has 0 spiro atoms. The summed E-state index contributed by atoms with van der Waals surface area (Å²) in [4.78, 5) is 11.2. The molecule has 0 saturated carbocycles. The van der Waals surface area contributed by atoms with Crippen LogP contribution in [-0.2, 0) is 12.8 Å². The van der Waals surface area contributed by atoms with Crippen molar-refractivity contribution in [1.82, 2.24) is 0 Å². The lowest BCUT2D eigenvalue weighted by molar-refractivity contribution is 0.0694. The van der Waals surface area contributed by atoms with E-state index in [1.165, 1.54) is 0 Å². The Morgan fingerprint density at radius 2 is 2.07 bits per heavy atom. The molecule has 1 aromatic carbocycles. The van der Waals surface area contributed by atoms with Crippen molar-refractivity contribution in [3.63, 3.8) is 0 Å². The first-order valence-corrected chi connectivity index (χ1v) is 5.53. The number of carboxylic acids is 1. The predicted molar refractivity (Wildman–Crippen MR) is 59.8 cm³/mol. The van der Waals surface area contributed by atoms with Crippen molar-refractivity contribution < 1.29 is 9.90 Å². The molecule has 0 unspecified atom stereocenters. The minimum atomic E-state index is -0.854. The Balaban J connectivity index is 2.68. The van der Waals surface area contributed by atoms with E-state index >= 15 is 0 Å². The zero-order valence-electron chi connectivity index (χ0n) is 8.64. The maximum Gasteiger partial charge on any atom is 0.336 e. The Morgan fingerprint density at radius 3 is 2.73 bits per heavy atom. The topological polar surface area (TPSA) is 37.3 Å². The molecule has 2 rings (SSSR count). The van der Waals surface area contributed by atoms with Gasteiger partial charge >= 0.3 is 5.97 Å². The van der Waals surface area contributed by atoms with E-state index in [4.69, 9.17) is 11.6 Å². The van der Waals surface area contributed by atoms with E-state index in [2.05, 4.69) is 0 Å². The van der Waals surface area contributed by atoms with Crippen LogP contribution in [0.1, 0.15) is 39.9 Å². The molecule has 0 saturated heterocycles. The SMILES string of the molecule is Cc1c(Cl)cc2c(c1C(=O)O)CCCC2. The smallest absolute Gasteiger partial charge is 0.336 e. The average molecular weight is 225 g/mol. The van der Waals surface area contributed by atoms with Gasteiger partial charge in [-0.15, -0.1) is 0 Å². The standard InChI is InChI=1S/C12H13ClO2/c1-7-10(13)6-8-4-2-3-5-9(8)11(7)12(14)15/h6H,2-5H2,1H3,(H,14,15). The van der Waals surface area contributed by atoms with E-state index in [1.807, 2.05) is 6.07 Å². The van der Waals surface area contributed by atoms with Crippen molar-refractivity contribution in [1.29, 1.82) is 0 Å². The third-order valence-corrected chi connectivity index (χ3v) is 3.45. The number of rotatable bonds is 1. The first-order valence-electron chi connectivity index (χ1n) is 5.15. The molecule has 1 aliphatic carbocycles. The lowest BCUT2D eigenvalue weighted by Crippen LogP contribution is -2.12. The van der Waals surface area contributed by atoms with Gasteiger partial charge in [-0.2, -0.15) is 0 Å². The maximum atomic E-state index is 11.2. The number of hydrogen-bond donors (Lipinski definition) is 1. The van der Waals surface area contributed by atoms with Crippen LogP contribution in [0.5, 0.6) is 0 Å². The predicted octanol–water partition coefficient (Wildman–Crippen LogP) is 3.23. The minimum absolute atomic E-state index is 0.428. The summed E-state index contributed by atoms with van der Waals surface area (Å²) >= 11 is 6.03. The Morgan fingerprint density at radius 1 is 1.40 bits per heavy atom. The van der Waals surface area contributed by atoms with Gasteiger partial charge in [0, 0.05) is 5.02 Å². The van der Waals surface area contributed by atoms with Gasteiger partial charge in [-0.3, -0.25) is 0 Å². The third kappa shape index (κ3) is 1.74. The molecule has 0 fully saturated rings. The number of benzene rings is 1. The van der Waals surface area contributed by atoms with Crippen LogP contribution in [-0.4, -0.2) is 11.1 Å². The molecular formula is C12H13ClO2. The van der Waals surface area contributed by atoms with Gasteiger partial charge in [0.25, 0.3) is 0 Å². The van der Waals surface area contributed by atoms with E-state index in [1.54, 1.807) is 6.92 Å². The molecule has 1 aromatic rings. The number of halogens is 1. The number of aryl methyl sites for hydroxylation is 1. The highest BCUT2D eigenvalue weighted by atomic mass is 35.5.